The molecule has 1 heterocycles. The first-order valence-electron chi connectivity index (χ1n) is 9.95. The lowest BCUT2D eigenvalue weighted by molar-refractivity contribution is -0.161. The highest BCUT2D eigenvalue weighted by atomic mass is 16.7. The number of nitrogens with zero attached hydrogens (tertiary/aromatic N) is 1. The van der Waals surface area contributed by atoms with Crippen LogP contribution in [0.4, 0.5) is 0 Å². The number of hydrogen-bond acceptors (Lipinski definition) is 9. The minimum absolute atomic E-state index is 0.0567. The molecular formula is C20H27BN2O8. The van der Waals surface area contributed by atoms with Gasteiger partial charge in [-0.15, -0.1) is 0 Å². The number of nitrogens with one attached hydrogen (secondary N) is 1. The SMILES string of the molecule is CCCC(=O)N[C@H]1Cc2ccc(OC)c(C(=O)OCOC(=O)C(C)(C)C)c2OB1N=O. The maximum absolute atomic E-state index is 12.7. The smallest absolute Gasteiger partial charge is 0.536 e. The van der Waals surface area contributed by atoms with Gasteiger partial charge >= 0.3 is 19.0 Å². The molecule has 1 N–H and O–H groups in total. The van der Waals surface area contributed by atoms with Crippen LogP contribution in [0, 0.1) is 10.3 Å². The number of carbonyl (C=O) groups excluding carboxylic acids is 3. The molecular weight excluding hydrogens is 407 g/mol. The highest BCUT2D eigenvalue weighted by Gasteiger charge is 2.41. The van der Waals surface area contributed by atoms with Gasteiger partial charge in [-0.05, 0) is 45.2 Å². The van der Waals surface area contributed by atoms with E-state index >= 15 is 0 Å². The molecule has 0 saturated heterocycles. The van der Waals surface area contributed by atoms with Gasteiger partial charge in [-0.3, -0.25) is 9.59 Å². The third-order valence-electron chi connectivity index (χ3n) is 4.57. The summed E-state index contributed by atoms with van der Waals surface area (Å²) in [5.74, 6) is -2.04. The van der Waals surface area contributed by atoms with Crippen molar-refractivity contribution in [3.63, 3.8) is 0 Å². The fourth-order valence-corrected chi connectivity index (χ4v) is 2.96. The summed E-state index contributed by atoms with van der Waals surface area (Å²) in [6.07, 6.45) is 1.19. The van der Waals surface area contributed by atoms with Crippen LogP contribution in [0.5, 0.6) is 11.5 Å². The third-order valence-corrected chi connectivity index (χ3v) is 4.57. The summed E-state index contributed by atoms with van der Waals surface area (Å²) in [7, 11) is 0.134. The Morgan fingerprint density at radius 2 is 1.97 bits per heavy atom. The minimum atomic E-state index is -1.23. The molecule has 10 nitrogen and oxygen atoms in total. The number of hydrogen-bond donors (Lipinski definition) is 1. The van der Waals surface area contributed by atoms with Crippen molar-refractivity contribution in [3.05, 3.63) is 28.2 Å². The van der Waals surface area contributed by atoms with Crippen LogP contribution in [0.1, 0.15) is 56.5 Å². The van der Waals surface area contributed by atoms with Crippen LogP contribution in [0.15, 0.2) is 17.2 Å². The zero-order valence-electron chi connectivity index (χ0n) is 18.4. The van der Waals surface area contributed by atoms with Crippen molar-refractivity contribution in [2.45, 2.75) is 52.9 Å². The first-order chi connectivity index (χ1) is 14.6. The van der Waals surface area contributed by atoms with E-state index in [1.54, 1.807) is 32.9 Å². The zero-order chi connectivity index (χ0) is 23.2. The Labute approximate surface area is 181 Å². The second kappa shape index (κ2) is 10.3. The molecule has 0 fully saturated rings. The van der Waals surface area contributed by atoms with Gasteiger partial charge in [0.1, 0.15) is 17.1 Å². The van der Waals surface area contributed by atoms with Crippen LogP contribution in [0.2, 0.25) is 0 Å². The molecule has 0 aliphatic carbocycles. The van der Waals surface area contributed by atoms with E-state index in [1.807, 2.05) is 6.92 Å². The average molecular weight is 434 g/mol. The largest absolute Gasteiger partial charge is 0.570 e. The topological polar surface area (TPSA) is 130 Å². The Bertz CT molecular complexity index is 852. The lowest BCUT2D eigenvalue weighted by Gasteiger charge is -2.29. The third kappa shape index (κ3) is 5.96. The summed E-state index contributed by atoms with van der Waals surface area (Å²) in [4.78, 5) is 47.9. The van der Waals surface area contributed by atoms with Crippen LogP contribution in [-0.4, -0.2) is 44.7 Å². The Balaban J connectivity index is 2.24. The number of carbonyl (C=O) groups is 3. The van der Waals surface area contributed by atoms with Crippen LogP contribution in [-0.2, 0) is 25.5 Å². The van der Waals surface area contributed by atoms with Crippen LogP contribution in [0.25, 0.3) is 0 Å². The average Bonchev–Trinajstić information content (AvgIpc) is 2.71. The zero-order valence-corrected chi connectivity index (χ0v) is 18.4. The number of fused-ring (bicyclic) bond motifs is 1. The van der Waals surface area contributed by atoms with Crippen molar-refractivity contribution >= 4 is 24.9 Å². The van der Waals surface area contributed by atoms with E-state index in [9.17, 15) is 19.3 Å². The number of methoxy groups -OCH3 is 1. The van der Waals surface area contributed by atoms with E-state index in [0.29, 0.717) is 18.4 Å². The molecule has 0 saturated carbocycles. The number of esters is 2. The molecule has 168 valence electrons. The molecule has 1 amide bonds. The molecule has 1 aromatic rings. The fourth-order valence-electron chi connectivity index (χ4n) is 2.96. The highest BCUT2D eigenvalue weighted by Crippen LogP contribution is 2.37. The van der Waals surface area contributed by atoms with Gasteiger partial charge in [0.2, 0.25) is 12.7 Å². The van der Waals surface area contributed by atoms with Gasteiger partial charge in [0.05, 0.1) is 18.5 Å². The number of benzene rings is 1. The quantitative estimate of drug-likeness (QED) is 0.286. The van der Waals surface area contributed by atoms with Crippen molar-refractivity contribution < 1.29 is 33.2 Å². The molecule has 0 spiro atoms. The van der Waals surface area contributed by atoms with Gasteiger partial charge in [-0.25, -0.2) is 4.79 Å². The maximum Gasteiger partial charge on any atom is 0.570 e. The van der Waals surface area contributed by atoms with Gasteiger partial charge in [0.25, 0.3) is 0 Å². The van der Waals surface area contributed by atoms with Gasteiger partial charge in [-0.1, -0.05) is 18.1 Å². The van der Waals surface area contributed by atoms with Crippen molar-refractivity contribution in [1.82, 2.24) is 5.32 Å². The van der Waals surface area contributed by atoms with Crippen molar-refractivity contribution in [2.75, 3.05) is 13.9 Å². The van der Waals surface area contributed by atoms with Crippen LogP contribution < -0.4 is 14.7 Å². The van der Waals surface area contributed by atoms with Crippen molar-refractivity contribution in [1.29, 1.82) is 0 Å². The van der Waals surface area contributed by atoms with Crippen molar-refractivity contribution in [3.8, 4) is 11.5 Å². The highest BCUT2D eigenvalue weighted by molar-refractivity contribution is 6.53. The Morgan fingerprint density at radius 1 is 1.26 bits per heavy atom. The summed E-state index contributed by atoms with van der Waals surface area (Å²) < 4.78 is 20.9. The molecule has 0 unspecified atom stereocenters. The molecule has 1 aliphatic heterocycles. The Kier molecular flexibility index (Phi) is 8.01. The van der Waals surface area contributed by atoms with Crippen molar-refractivity contribution in [2.24, 2.45) is 10.5 Å². The van der Waals surface area contributed by atoms with E-state index < -0.39 is 37.1 Å². The van der Waals surface area contributed by atoms with Gasteiger partial charge in [-0.2, -0.15) is 4.91 Å². The standard InChI is InChI=1S/C20H27BN2O8/c1-6-7-15(24)22-14-10-12-8-9-13(28-5)16(17(12)31-21(14)23-27)18(25)29-11-30-19(26)20(2,3)4/h8-9,14H,6-7,10-11H2,1-5H3,(H,22,24)/t14-/m0/s1. The normalized spacial score (nSPS) is 15.3. The molecule has 0 aromatic heterocycles. The summed E-state index contributed by atoms with van der Waals surface area (Å²) in [6, 6.07) is 3.23. The lowest BCUT2D eigenvalue weighted by Crippen LogP contribution is -2.52. The second-order valence-electron chi connectivity index (χ2n) is 8.10. The molecule has 31 heavy (non-hydrogen) atoms. The van der Waals surface area contributed by atoms with Gasteiger partial charge in [0, 0.05) is 6.42 Å². The molecule has 1 aromatic carbocycles. The van der Waals surface area contributed by atoms with Gasteiger partial charge in [0.15, 0.2) is 0 Å². The summed E-state index contributed by atoms with van der Waals surface area (Å²) in [5.41, 5.74) is -0.237. The van der Waals surface area contributed by atoms with E-state index in [0.717, 1.165) is 0 Å². The van der Waals surface area contributed by atoms with E-state index in [4.69, 9.17) is 18.9 Å². The first kappa shape index (κ1) is 24.2. The van der Waals surface area contributed by atoms with E-state index in [-0.39, 0.29) is 29.4 Å². The minimum Gasteiger partial charge on any atom is -0.536 e. The van der Waals surface area contributed by atoms with E-state index in [2.05, 4.69) is 10.4 Å². The summed E-state index contributed by atoms with van der Waals surface area (Å²) >= 11 is 0. The fraction of sp³-hybridized carbons (Fsp3) is 0.550. The number of ether oxygens (including phenoxy) is 3. The number of amides is 1. The first-order valence-corrected chi connectivity index (χ1v) is 9.95. The predicted octanol–water partition coefficient (Wildman–Crippen LogP) is 2.41. The summed E-state index contributed by atoms with van der Waals surface area (Å²) in [5, 5.41) is 5.70. The molecule has 2 rings (SSSR count). The molecule has 11 heteroatoms. The predicted molar refractivity (Wildman–Crippen MR) is 112 cm³/mol. The van der Waals surface area contributed by atoms with Crippen LogP contribution in [0.3, 0.4) is 0 Å². The number of rotatable bonds is 8. The molecule has 1 atom stereocenters. The summed E-state index contributed by atoms with van der Waals surface area (Å²) in [6.45, 7) is 6.29. The Hall–Kier alpha value is -3.11. The van der Waals surface area contributed by atoms with E-state index in [1.165, 1.54) is 7.11 Å². The van der Waals surface area contributed by atoms with Gasteiger partial charge < -0.3 is 24.2 Å². The Morgan fingerprint density at radius 3 is 2.55 bits per heavy atom. The molecule has 0 radical (unpaired) electrons. The van der Waals surface area contributed by atoms with Crippen LogP contribution >= 0.6 is 0 Å². The monoisotopic (exact) mass is 434 g/mol. The molecule has 1 aliphatic rings. The second-order valence-corrected chi connectivity index (χ2v) is 8.10. The number of nitroso groups, excluding NO2 is 1. The lowest BCUT2D eigenvalue weighted by atomic mass is 9.68. The maximum atomic E-state index is 12.7. The molecule has 0 bridgehead atoms.